The Morgan fingerprint density at radius 1 is 1.30 bits per heavy atom. The number of piperazine rings is 1. The minimum atomic E-state index is -3.57. The minimum Gasteiger partial charge on any atom is -0.495 e. The monoisotopic (exact) mass is 474 g/mol. The number of ether oxygens (including phenoxy) is 1. The second kappa shape index (κ2) is 8.64. The van der Waals surface area contributed by atoms with Gasteiger partial charge in [-0.1, -0.05) is 23.2 Å². The van der Waals surface area contributed by atoms with Gasteiger partial charge in [0.05, 0.1) is 17.8 Å². The maximum absolute atomic E-state index is 12.9. The number of halogens is 2. The Balaban J connectivity index is 1.71. The van der Waals surface area contributed by atoms with Crippen LogP contribution in [0.25, 0.3) is 0 Å². The smallest absolute Gasteiger partial charge is 0.244 e. The molecule has 0 bridgehead atoms. The molecule has 11 heteroatoms. The van der Waals surface area contributed by atoms with Gasteiger partial charge >= 0.3 is 0 Å². The third-order valence-electron chi connectivity index (χ3n) is 5.19. The number of nitrogens with zero attached hydrogens (tertiary/aromatic N) is 4. The number of benzene rings is 1. The zero-order valence-electron chi connectivity index (χ0n) is 17.2. The number of aromatic nitrogens is 2. The van der Waals surface area contributed by atoms with Crippen molar-refractivity contribution >= 4 is 44.6 Å². The Bertz CT molecular complexity index is 1070. The fourth-order valence-corrected chi connectivity index (χ4v) is 4.98. The van der Waals surface area contributed by atoms with Crippen LogP contribution in [0.15, 0.2) is 23.2 Å². The van der Waals surface area contributed by atoms with E-state index in [0.29, 0.717) is 36.1 Å². The third-order valence-corrected chi connectivity index (χ3v) is 7.05. The Morgan fingerprint density at radius 3 is 2.57 bits per heavy atom. The molecule has 30 heavy (non-hydrogen) atoms. The summed E-state index contributed by atoms with van der Waals surface area (Å²) >= 11 is 12.2. The number of hydrogen-bond acceptors (Lipinski definition) is 6. The van der Waals surface area contributed by atoms with Crippen molar-refractivity contribution in [3.05, 3.63) is 33.9 Å². The van der Waals surface area contributed by atoms with Crippen LogP contribution >= 0.6 is 23.2 Å². The zero-order valence-corrected chi connectivity index (χ0v) is 19.6. The Morgan fingerprint density at radius 2 is 2.00 bits per heavy atom. The molecule has 0 radical (unpaired) electrons. The van der Waals surface area contributed by atoms with Crippen molar-refractivity contribution in [3.8, 4) is 5.75 Å². The first kappa shape index (κ1) is 22.7. The van der Waals surface area contributed by atoms with Gasteiger partial charge in [0.2, 0.25) is 5.91 Å². The fraction of sp³-hybridized carbons (Fsp3) is 0.474. The highest BCUT2D eigenvalue weighted by Crippen LogP contribution is 2.30. The quantitative estimate of drug-likeness (QED) is 0.661. The van der Waals surface area contributed by atoms with Crippen molar-refractivity contribution in [2.45, 2.75) is 31.5 Å². The molecule has 1 aliphatic heterocycles. The second-order valence-electron chi connectivity index (χ2n) is 7.34. The lowest BCUT2D eigenvalue weighted by Crippen LogP contribution is -2.54. The van der Waals surface area contributed by atoms with Crippen LogP contribution in [-0.2, 0) is 21.2 Å². The Hall–Kier alpha value is -1.97. The first-order valence-electron chi connectivity index (χ1n) is 9.33. The molecule has 0 unspecified atom stereocenters. The Labute approximate surface area is 186 Å². The molecule has 1 amide bonds. The first-order valence-corrected chi connectivity index (χ1v) is 12.0. The van der Waals surface area contributed by atoms with Crippen LogP contribution in [0.2, 0.25) is 10.0 Å². The number of methoxy groups -OCH3 is 1. The van der Waals surface area contributed by atoms with Gasteiger partial charge in [-0.25, -0.2) is 8.42 Å². The zero-order chi connectivity index (χ0) is 22.2. The Kier molecular flexibility index (Phi) is 6.54. The van der Waals surface area contributed by atoms with Gasteiger partial charge in [0.15, 0.2) is 14.9 Å². The van der Waals surface area contributed by atoms with Crippen LogP contribution in [0.3, 0.4) is 0 Å². The largest absolute Gasteiger partial charge is 0.495 e. The van der Waals surface area contributed by atoms with Crippen molar-refractivity contribution in [1.29, 1.82) is 0 Å². The molecule has 1 fully saturated rings. The molecule has 8 nitrogen and oxygen atoms in total. The fourth-order valence-electron chi connectivity index (χ4n) is 3.51. The molecule has 1 saturated heterocycles. The summed E-state index contributed by atoms with van der Waals surface area (Å²) in [4.78, 5) is 16.9. The van der Waals surface area contributed by atoms with Crippen molar-refractivity contribution in [1.82, 2.24) is 14.7 Å². The normalized spacial score (nSPS) is 17.3. The number of hydrogen-bond donors (Lipinski definition) is 0. The maximum Gasteiger partial charge on any atom is 0.244 e. The van der Waals surface area contributed by atoms with E-state index in [1.165, 1.54) is 4.68 Å². The molecular formula is C19H24Cl2N4O4S. The molecule has 1 aliphatic rings. The van der Waals surface area contributed by atoms with Crippen molar-refractivity contribution in [2.24, 2.45) is 0 Å². The van der Waals surface area contributed by atoms with Gasteiger partial charge in [0.1, 0.15) is 17.3 Å². The summed E-state index contributed by atoms with van der Waals surface area (Å²) in [6.45, 7) is 5.37. The van der Waals surface area contributed by atoms with E-state index in [1.807, 2.05) is 19.1 Å². The molecule has 0 N–H and O–H groups in total. The van der Waals surface area contributed by atoms with Crippen LogP contribution < -0.4 is 9.64 Å². The van der Waals surface area contributed by atoms with Gasteiger partial charge in [0.25, 0.3) is 0 Å². The van der Waals surface area contributed by atoms with E-state index in [-0.39, 0.29) is 28.5 Å². The van der Waals surface area contributed by atoms with E-state index in [1.54, 1.807) is 25.0 Å². The third kappa shape index (κ3) is 4.53. The van der Waals surface area contributed by atoms with Gasteiger partial charge in [-0.2, -0.15) is 5.10 Å². The molecule has 164 valence electrons. The van der Waals surface area contributed by atoms with Crippen LogP contribution in [0.4, 0.5) is 5.69 Å². The number of carbonyl (C=O) groups excluding carboxylic acids is 1. The predicted octanol–water partition coefficient (Wildman–Crippen LogP) is 2.65. The van der Waals surface area contributed by atoms with Crippen molar-refractivity contribution < 1.29 is 17.9 Å². The van der Waals surface area contributed by atoms with Crippen LogP contribution in [-0.4, -0.2) is 68.0 Å². The van der Waals surface area contributed by atoms with E-state index in [4.69, 9.17) is 27.9 Å². The molecule has 0 saturated carbocycles. The number of carbonyl (C=O) groups is 1. The van der Waals surface area contributed by atoms with E-state index < -0.39 is 9.84 Å². The molecular weight excluding hydrogens is 451 g/mol. The van der Waals surface area contributed by atoms with Gasteiger partial charge in [0, 0.05) is 43.7 Å². The molecule has 2 aromatic rings. The maximum atomic E-state index is 12.9. The van der Waals surface area contributed by atoms with Crippen molar-refractivity contribution in [3.63, 3.8) is 0 Å². The molecule has 1 atom stereocenters. The lowest BCUT2D eigenvalue weighted by Gasteiger charge is -2.41. The van der Waals surface area contributed by atoms with E-state index in [0.717, 1.165) is 11.9 Å². The average molecular weight is 475 g/mol. The number of rotatable bonds is 5. The van der Waals surface area contributed by atoms with Gasteiger partial charge in [-0.05, 0) is 26.0 Å². The summed E-state index contributed by atoms with van der Waals surface area (Å²) in [5.41, 5.74) is 1.42. The highest BCUT2D eigenvalue weighted by Gasteiger charge is 2.29. The lowest BCUT2D eigenvalue weighted by molar-refractivity contribution is -0.134. The summed E-state index contributed by atoms with van der Waals surface area (Å²) in [5, 5.41) is 4.44. The van der Waals surface area contributed by atoms with E-state index >= 15 is 0 Å². The van der Waals surface area contributed by atoms with E-state index in [2.05, 4.69) is 10.00 Å². The van der Waals surface area contributed by atoms with Gasteiger partial charge < -0.3 is 14.5 Å². The SMILES string of the molecule is COc1cc(N2CCN(C(=O)Cn3nc(S(C)(=O)=O)c(Cl)c3C)[C@@H](C)C2)ccc1Cl. The minimum absolute atomic E-state index is 0.0476. The summed E-state index contributed by atoms with van der Waals surface area (Å²) < 4.78 is 30.3. The molecule has 0 aliphatic carbocycles. The predicted molar refractivity (Wildman–Crippen MR) is 116 cm³/mol. The molecule has 3 rings (SSSR count). The summed E-state index contributed by atoms with van der Waals surface area (Å²) in [5.74, 6) is 0.464. The summed E-state index contributed by atoms with van der Waals surface area (Å²) in [6, 6.07) is 5.56. The number of sulfone groups is 1. The molecule has 0 spiro atoms. The van der Waals surface area contributed by atoms with Crippen LogP contribution in [0.5, 0.6) is 5.75 Å². The topological polar surface area (TPSA) is 84.7 Å². The van der Waals surface area contributed by atoms with Crippen molar-refractivity contribution in [2.75, 3.05) is 37.9 Å². The lowest BCUT2D eigenvalue weighted by atomic mass is 10.1. The van der Waals surface area contributed by atoms with Crippen LogP contribution in [0.1, 0.15) is 12.6 Å². The van der Waals surface area contributed by atoms with Gasteiger partial charge in [-0.3, -0.25) is 9.48 Å². The molecule has 1 aromatic heterocycles. The first-order chi connectivity index (χ1) is 14.0. The number of anilines is 1. The standard InChI is InChI=1S/C19H24Cl2N4O4S/c1-12-10-23(14-5-6-15(20)16(9-14)29-3)7-8-24(12)17(26)11-25-13(2)18(21)19(22-25)30(4,27)28/h5-6,9,12H,7-8,10-11H2,1-4H3/t12-/m0/s1. The molecule has 2 heterocycles. The highest BCUT2D eigenvalue weighted by molar-refractivity contribution is 7.90. The summed E-state index contributed by atoms with van der Waals surface area (Å²) in [6.07, 6.45) is 1.04. The highest BCUT2D eigenvalue weighted by atomic mass is 35.5. The van der Waals surface area contributed by atoms with Crippen LogP contribution in [0, 0.1) is 6.92 Å². The number of amides is 1. The van der Waals surface area contributed by atoms with Gasteiger partial charge in [-0.15, -0.1) is 0 Å². The van der Waals surface area contributed by atoms with E-state index in [9.17, 15) is 13.2 Å². The average Bonchev–Trinajstić information content (AvgIpc) is 2.96. The molecule has 1 aromatic carbocycles. The summed E-state index contributed by atoms with van der Waals surface area (Å²) in [7, 11) is -2.00. The second-order valence-corrected chi connectivity index (χ2v) is 10.1.